The molecule has 0 atom stereocenters. The van der Waals surface area contributed by atoms with Crippen molar-refractivity contribution in [3.8, 4) is 0 Å². The molecular formula is C15H14N2O4S. The minimum Gasteiger partial charge on any atom is -0.481 e. The van der Waals surface area contributed by atoms with Crippen molar-refractivity contribution in [2.24, 2.45) is 0 Å². The molecule has 2 aromatic rings. The third-order valence-corrected chi connectivity index (χ3v) is 3.59. The molecule has 2 rings (SSSR count). The predicted octanol–water partition coefficient (Wildman–Crippen LogP) is 2.80. The number of benzene rings is 1. The van der Waals surface area contributed by atoms with Crippen LogP contribution in [0.2, 0.25) is 0 Å². The summed E-state index contributed by atoms with van der Waals surface area (Å²) in [7, 11) is 0. The van der Waals surface area contributed by atoms with Gasteiger partial charge in [-0.3, -0.25) is 14.4 Å². The largest absolute Gasteiger partial charge is 0.481 e. The van der Waals surface area contributed by atoms with Crippen LogP contribution in [0.25, 0.3) is 0 Å². The number of amides is 2. The molecule has 0 bridgehead atoms. The molecule has 0 aliphatic rings. The first-order chi connectivity index (χ1) is 10.6. The first kappa shape index (κ1) is 15.7. The lowest BCUT2D eigenvalue weighted by Gasteiger charge is -2.07. The van der Waals surface area contributed by atoms with Gasteiger partial charge in [0, 0.05) is 12.1 Å². The number of carbonyl (C=O) groups is 3. The first-order valence-corrected chi connectivity index (χ1v) is 7.40. The van der Waals surface area contributed by atoms with Crippen LogP contribution < -0.4 is 10.6 Å². The highest BCUT2D eigenvalue weighted by molar-refractivity contribution is 7.14. The minimum atomic E-state index is -1.04. The molecule has 0 aliphatic heterocycles. The van der Waals surface area contributed by atoms with Crippen molar-refractivity contribution in [2.75, 3.05) is 10.6 Å². The SMILES string of the molecule is O=C(O)CCC(=O)Nc1sccc1C(=O)Nc1ccccc1. The van der Waals surface area contributed by atoms with E-state index in [1.807, 2.05) is 6.07 Å². The van der Waals surface area contributed by atoms with Crippen LogP contribution in [0.15, 0.2) is 41.8 Å². The fourth-order valence-electron chi connectivity index (χ4n) is 1.71. The number of carboxylic acids is 1. The summed E-state index contributed by atoms with van der Waals surface area (Å²) in [5, 5.41) is 15.9. The molecule has 1 aromatic heterocycles. The molecule has 0 fully saturated rings. The highest BCUT2D eigenvalue weighted by atomic mass is 32.1. The maximum absolute atomic E-state index is 12.2. The zero-order chi connectivity index (χ0) is 15.9. The molecule has 0 spiro atoms. The van der Waals surface area contributed by atoms with Crippen molar-refractivity contribution in [3.63, 3.8) is 0 Å². The van der Waals surface area contributed by atoms with E-state index in [1.165, 1.54) is 11.3 Å². The molecule has 22 heavy (non-hydrogen) atoms. The van der Waals surface area contributed by atoms with E-state index in [0.717, 1.165) is 0 Å². The van der Waals surface area contributed by atoms with Crippen LogP contribution in [0.4, 0.5) is 10.7 Å². The van der Waals surface area contributed by atoms with Gasteiger partial charge in [0.15, 0.2) is 0 Å². The summed E-state index contributed by atoms with van der Waals surface area (Å²) >= 11 is 1.21. The minimum absolute atomic E-state index is 0.132. The zero-order valence-corrected chi connectivity index (χ0v) is 12.4. The third-order valence-electron chi connectivity index (χ3n) is 2.76. The molecule has 0 aliphatic carbocycles. The van der Waals surface area contributed by atoms with Gasteiger partial charge in [0.1, 0.15) is 5.00 Å². The summed E-state index contributed by atoms with van der Waals surface area (Å²) in [6, 6.07) is 10.6. The number of thiophene rings is 1. The Kier molecular flexibility index (Phi) is 5.26. The van der Waals surface area contributed by atoms with Gasteiger partial charge in [0.05, 0.1) is 12.0 Å². The van der Waals surface area contributed by atoms with Crippen LogP contribution in [-0.4, -0.2) is 22.9 Å². The van der Waals surface area contributed by atoms with Crippen LogP contribution in [-0.2, 0) is 9.59 Å². The van der Waals surface area contributed by atoms with Gasteiger partial charge in [-0.05, 0) is 23.6 Å². The molecule has 7 heteroatoms. The molecule has 2 amide bonds. The van der Waals surface area contributed by atoms with Crippen molar-refractivity contribution >= 4 is 39.8 Å². The van der Waals surface area contributed by atoms with Gasteiger partial charge in [-0.15, -0.1) is 11.3 Å². The van der Waals surface area contributed by atoms with Crippen LogP contribution >= 0.6 is 11.3 Å². The number of para-hydroxylation sites is 1. The second-order valence-corrected chi connectivity index (χ2v) is 5.34. The Morgan fingerprint density at radius 2 is 1.73 bits per heavy atom. The number of carboxylic acid groups (broad SMARTS) is 1. The van der Waals surface area contributed by atoms with Crippen LogP contribution in [0.1, 0.15) is 23.2 Å². The number of carbonyl (C=O) groups excluding carboxylic acids is 2. The fourth-order valence-corrected chi connectivity index (χ4v) is 2.52. The molecule has 114 valence electrons. The topological polar surface area (TPSA) is 95.5 Å². The molecular weight excluding hydrogens is 304 g/mol. The maximum Gasteiger partial charge on any atom is 0.303 e. The quantitative estimate of drug-likeness (QED) is 0.763. The average Bonchev–Trinajstić information content (AvgIpc) is 2.94. The Morgan fingerprint density at radius 3 is 2.41 bits per heavy atom. The number of anilines is 2. The van der Waals surface area contributed by atoms with Gasteiger partial charge in [0.2, 0.25) is 5.91 Å². The van der Waals surface area contributed by atoms with Crippen molar-refractivity contribution < 1.29 is 19.5 Å². The van der Waals surface area contributed by atoms with Crippen molar-refractivity contribution in [3.05, 3.63) is 47.3 Å². The van der Waals surface area contributed by atoms with Gasteiger partial charge >= 0.3 is 5.97 Å². The lowest BCUT2D eigenvalue weighted by Crippen LogP contribution is -2.17. The summed E-state index contributed by atoms with van der Waals surface area (Å²) in [4.78, 5) is 34.3. The van der Waals surface area contributed by atoms with Crippen LogP contribution in [0.5, 0.6) is 0 Å². The van der Waals surface area contributed by atoms with E-state index in [4.69, 9.17) is 5.11 Å². The van der Waals surface area contributed by atoms with E-state index in [0.29, 0.717) is 16.3 Å². The van der Waals surface area contributed by atoms with E-state index >= 15 is 0 Å². The second kappa shape index (κ2) is 7.37. The Morgan fingerprint density at radius 1 is 1.00 bits per heavy atom. The van der Waals surface area contributed by atoms with E-state index < -0.39 is 11.9 Å². The van der Waals surface area contributed by atoms with Crippen molar-refractivity contribution in [2.45, 2.75) is 12.8 Å². The van der Waals surface area contributed by atoms with Gasteiger partial charge in [-0.1, -0.05) is 18.2 Å². The van der Waals surface area contributed by atoms with Crippen LogP contribution in [0.3, 0.4) is 0 Å². The lowest BCUT2D eigenvalue weighted by atomic mass is 10.2. The maximum atomic E-state index is 12.2. The summed E-state index contributed by atoms with van der Waals surface area (Å²) in [6.45, 7) is 0. The molecule has 3 N–H and O–H groups in total. The van der Waals surface area contributed by atoms with Gasteiger partial charge < -0.3 is 15.7 Å². The molecule has 0 unspecified atom stereocenters. The van der Waals surface area contributed by atoms with E-state index in [1.54, 1.807) is 35.7 Å². The van der Waals surface area contributed by atoms with E-state index in [9.17, 15) is 14.4 Å². The monoisotopic (exact) mass is 318 g/mol. The van der Waals surface area contributed by atoms with E-state index in [2.05, 4.69) is 10.6 Å². The lowest BCUT2D eigenvalue weighted by molar-refractivity contribution is -0.138. The molecule has 6 nitrogen and oxygen atoms in total. The smallest absolute Gasteiger partial charge is 0.303 e. The standard InChI is InChI=1S/C15H14N2O4S/c18-12(6-7-13(19)20)17-15-11(8-9-22-15)14(21)16-10-4-2-1-3-5-10/h1-5,8-9H,6-7H2,(H,16,21)(H,17,18)(H,19,20). The summed E-state index contributed by atoms with van der Waals surface area (Å²) in [5.41, 5.74) is 0.999. The normalized spacial score (nSPS) is 10.0. The predicted molar refractivity (Wildman–Crippen MR) is 84.2 cm³/mol. The summed E-state index contributed by atoms with van der Waals surface area (Å²) in [5.74, 6) is -1.80. The number of aliphatic carboxylic acids is 1. The highest BCUT2D eigenvalue weighted by Gasteiger charge is 2.15. The van der Waals surface area contributed by atoms with Crippen molar-refractivity contribution in [1.29, 1.82) is 0 Å². The molecule has 1 aromatic carbocycles. The molecule has 1 heterocycles. The van der Waals surface area contributed by atoms with Crippen LogP contribution in [0, 0.1) is 0 Å². The highest BCUT2D eigenvalue weighted by Crippen LogP contribution is 2.24. The molecule has 0 radical (unpaired) electrons. The average molecular weight is 318 g/mol. The number of hydrogen-bond acceptors (Lipinski definition) is 4. The van der Waals surface area contributed by atoms with Gasteiger partial charge in [-0.25, -0.2) is 0 Å². The third kappa shape index (κ3) is 4.42. The summed E-state index contributed by atoms with van der Waals surface area (Å²) < 4.78 is 0. The van der Waals surface area contributed by atoms with Gasteiger partial charge in [-0.2, -0.15) is 0 Å². The fraction of sp³-hybridized carbons (Fsp3) is 0.133. The number of rotatable bonds is 6. The Labute approximate surface area is 130 Å². The number of nitrogens with one attached hydrogen (secondary N) is 2. The van der Waals surface area contributed by atoms with Crippen molar-refractivity contribution in [1.82, 2.24) is 0 Å². The van der Waals surface area contributed by atoms with E-state index in [-0.39, 0.29) is 18.7 Å². The Bertz CT molecular complexity index is 682. The Balaban J connectivity index is 2.01. The number of hydrogen-bond donors (Lipinski definition) is 3. The zero-order valence-electron chi connectivity index (χ0n) is 11.5. The second-order valence-electron chi connectivity index (χ2n) is 4.43. The summed E-state index contributed by atoms with van der Waals surface area (Å²) in [6.07, 6.45) is -0.379. The molecule has 0 saturated heterocycles. The Hall–Kier alpha value is -2.67. The molecule has 0 saturated carbocycles. The first-order valence-electron chi connectivity index (χ1n) is 6.52. The van der Waals surface area contributed by atoms with Gasteiger partial charge in [0.25, 0.3) is 5.91 Å².